The number of nitro groups is 1. The molecule has 0 aromatic heterocycles. The minimum atomic E-state index is -0.623. The van der Waals surface area contributed by atoms with Gasteiger partial charge in [-0.15, -0.1) is 0 Å². The predicted octanol–water partition coefficient (Wildman–Crippen LogP) is 2.53. The number of nitrogens with zero attached hydrogens (tertiary/aromatic N) is 3. The number of non-ortho nitro benzene ring substituents is 1. The fourth-order valence-corrected chi connectivity index (χ4v) is 4.76. The van der Waals surface area contributed by atoms with Crippen LogP contribution in [0, 0.1) is 10.1 Å². The van der Waals surface area contributed by atoms with Crippen LogP contribution in [0.1, 0.15) is 42.5 Å². The lowest BCUT2D eigenvalue weighted by molar-refractivity contribution is -0.384. The van der Waals surface area contributed by atoms with E-state index in [4.69, 9.17) is 0 Å². The van der Waals surface area contributed by atoms with Crippen molar-refractivity contribution in [2.24, 2.45) is 0 Å². The largest absolute Gasteiger partial charge is 0.340 e. The number of thioether (sulfide) groups is 1. The highest BCUT2D eigenvalue weighted by atomic mass is 32.2. The van der Waals surface area contributed by atoms with Crippen LogP contribution in [0.15, 0.2) is 24.3 Å². The summed E-state index contributed by atoms with van der Waals surface area (Å²) in [5.41, 5.74) is 0.0508. The van der Waals surface area contributed by atoms with Gasteiger partial charge in [0.15, 0.2) is 0 Å². The fraction of sp³-hybridized carbons (Fsp3) is 0.619. The Morgan fingerprint density at radius 3 is 2.57 bits per heavy atom. The molecule has 3 rings (SSSR count). The van der Waals surface area contributed by atoms with E-state index >= 15 is 0 Å². The first-order valence-electron chi connectivity index (χ1n) is 10.6. The Balaban J connectivity index is 1.62. The molecule has 0 bridgehead atoms. The summed E-state index contributed by atoms with van der Waals surface area (Å²) in [6, 6.07) is 5.63. The molecule has 0 radical (unpaired) electrons. The van der Waals surface area contributed by atoms with Crippen molar-refractivity contribution in [3.63, 3.8) is 0 Å². The molecule has 1 saturated carbocycles. The van der Waals surface area contributed by atoms with Crippen LogP contribution in [0.3, 0.4) is 0 Å². The second-order valence-corrected chi connectivity index (χ2v) is 8.90. The van der Waals surface area contributed by atoms with Crippen LogP contribution in [0.5, 0.6) is 0 Å². The highest BCUT2D eigenvalue weighted by Gasteiger charge is 2.31. The van der Waals surface area contributed by atoms with Gasteiger partial charge in [0.05, 0.1) is 4.92 Å². The fourth-order valence-electron chi connectivity index (χ4n) is 4.29. The van der Waals surface area contributed by atoms with E-state index < -0.39 is 16.9 Å². The molecule has 2 aliphatic rings. The molecule has 1 heterocycles. The zero-order valence-corrected chi connectivity index (χ0v) is 18.2. The molecule has 1 aliphatic carbocycles. The Kier molecular flexibility index (Phi) is 8.09. The minimum absolute atomic E-state index is 0.0612. The summed E-state index contributed by atoms with van der Waals surface area (Å²) in [7, 11) is 0. The maximum atomic E-state index is 13.1. The minimum Gasteiger partial charge on any atom is -0.340 e. The summed E-state index contributed by atoms with van der Waals surface area (Å²) in [6.07, 6.45) is 7.59. The lowest BCUT2D eigenvalue weighted by atomic mass is 10.1. The van der Waals surface area contributed by atoms with E-state index in [0.29, 0.717) is 25.6 Å². The Morgan fingerprint density at radius 2 is 1.93 bits per heavy atom. The van der Waals surface area contributed by atoms with E-state index in [9.17, 15) is 19.7 Å². The molecule has 1 atom stereocenters. The average molecular weight is 435 g/mol. The van der Waals surface area contributed by atoms with Crippen molar-refractivity contribution in [1.29, 1.82) is 0 Å². The van der Waals surface area contributed by atoms with Crippen molar-refractivity contribution >= 4 is 29.3 Å². The Labute approximate surface area is 181 Å². The molecule has 1 N–H and O–H groups in total. The van der Waals surface area contributed by atoms with Gasteiger partial charge in [-0.25, -0.2) is 0 Å². The predicted molar refractivity (Wildman–Crippen MR) is 118 cm³/mol. The summed E-state index contributed by atoms with van der Waals surface area (Å²) in [5, 5.41) is 13.8. The topological polar surface area (TPSA) is 95.8 Å². The summed E-state index contributed by atoms with van der Waals surface area (Å²) in [6.45, 7) is 3.12. The van der Waals surface area contributed by atoms with E-state index in [1.807, 2.05) is 11.2 Å². The van der Waals surface area contributed by atoms with Crippen LogP contribution >= 0.6 is 11.8 Å². The molecule has 1 unspecified atom stereocenters. The zero-order chi connectivity index (χ0) is 21.5. The second kappa shape index (κ2) is 10.8. The van der Waals surface area contributed by atoms with Gasteiger partial charge in [0, 0.05) is 49.9 Å². The molecule has 8 nitrogen and oxygen atoms in total. The number of rotatable bonds is 8. The monoisotopic (exact) mass is 434 g/mol. The van der Waals surface area contributed by atoms with E-state index in [1.54, 1.807) is 11.8 Å². The Morgan fingerprint density at radius 1 is 1.23 bits per heavy atom. The van der Waals surface area contributed by atoms with Crippen molar-refractivity contribution in [3.8, 4) is 0 Å². The van der Waals surface area contributed by atoms with Crippen LogP contribution in [-0.2, 0) is 4.79 Å². The summed E-state index contributed by atoms with van der Waals surface area (Å²) in [5.74, 6) is 0.227. The van der Waals surface area contributed by atoms with Gasteiger partial charge in [-0.05, 0) is 37.3 Å². The number of carbonyl (C=O) groups is 2. The first-order chi connectivity index (χ1) is 14.5. The van der Waals surface area contributed by atoms with Crippen molar-refractivity contribution in [1.82, 2.24) is 15.1 Å². The van der Waals surface area contributed by atoms with Gasteiger partial charge in [-0.2, -0.15) is 11.8 Å². The quantitative estimate of drug-likeness (QED) is 0.499. The number of carbonyl (C=O) groups excluding carboxylic acids is 2. The standard InChI is InChI=1S/C21H30N4O4S/c1-30-14-9-19(22-20(26)16-5-4-8-18(15-16)25(28)29)21(27)24-12-10-23(11-13-24)17-6-2-3-7-17/h4-5,8,15,17,19H,2-3,6-7,9-14H2,1H3,(H,22,26). The SMILES string of the molecule is CSCCC(NC(=O)c1cccc([N+](=O)[O-])c1)C(=O)N1CCN(C2CCCC2)CC1. The van der Waals surface area contributed by atoms with Crippen molar-refractivity contribution < 1.29 is 14.5 Å². The van der Waals surface area contributed by atoms with Gasteiger partial charge in [0.2, 0.25) is 5.91 Å². The molecule has 2 fully saturated rings. The second-order valence-electron chi connectivity index (χ2n) is 7.91. The molecule has 164 valence electrons. The lowest BCUT2D eigenvalue weighted by Gasteiger charge is -2.39. The molecule has 1 aromatic carbocycles. The van der Waals surface area contributed by atoms with Crippen LogP contribution < -0.4 is 5.32 Å². The van der Waals surface area contributed by atoms with Crippen LogP contribution in [0.25, 0.3) is 0 Å². The molecule has 1 aromatic rings. The molecule has 1 aliphatic heterocycles. The summed E-state index contributed by atoms with van der Waals surface area (Å²) < 4.78 is 0. The highest BCUT2D eigenvalue weighted by Crippen LogP contribution is 2.24. The van der Waals surface area contributed by atoms with Gasteiger partial charge in [0.25, 0.3) is 11.6 Å². The molecule has 0 spiro atoms. The number of nitro benzene ring substituents is 1. The molecular weight excluding hydrogens is 404 g/mol. The molecule has 9 heteroatoms. The molecule has 1 saturated heterocycles. The number of nitrogens with one attached hydrogen (secondary N) is 1. The highest BCUT2D eigenvalue weighted by molar-refractivity contribution is 7.98. The lowest BCUT2D eigenvalue weighted by Crippen LogP contribution is -2.56. The first kappa shape index (κ1) is 22.6. The smallest absolute Gasteiger partial charge is 0.270 e. The van der Waals surface area contributed by atoms with Gasteiger partial charge < -0.3 is 10.2 Å². The van der Waals surface area contributed by atoms with E-state index in [1.165, 1.54) is 49.9 Å². The third-order valence-corrected chi connectivity index (χ3v) is 6.64. The normalized spacial score (nSPS) is 18.9. The van der Waals surface area contributed by atoms with Crippen molar-refractivity contribution in [2.45, 2.75) is 44.2 Å². The van der Waals surface area contributed by atoms with E-state index in [-0.39, 0.29) is 17.2 Å². The van der Waals surface area contributed by atoms with Gasteiger partial charge in [-0.1, -0.05) is 18.9 Å². The number of benzene rings is 1. The Bertz CT molecular complexity index is 761. The average Bonchev–Trinajstić information content (AvgIpc) is 3.31. The molecule has 2 amide bonds. The maximum Gasteiger partial charge on any atom is 0.270 e. The van der Waals surface area contributed by atoms with Gasteiger partial charge >= 0.3 is 0 Å². The summed E-state index contributed by atoms with van der Waals surface area (Å²) >= 11 is 1.62. The van der Waals surface area contributed by atoms with E-state index in [2.05, 4.69) is 10.2 Å². The Hall–Kier alpha value is -2.13. The van der Waals surface area contributed by atoms with Crippen LogP contribution in [0.2, 0.25) is 0 Å². The van der Waals surface area contributed by atoms with Gasteiger partial charge in [0.1, 0.15) is 6.04 Å². The molecule has 30 heavy (non-hydrogen) atoms. The first-order valence-corrected chi connectivity index (χ1v) is 12.0. The van der Waals surface area contributed by atoms with Crippen molar-refractivity contribution in [3.05, 3.63) is 39.9 Å². The molecular formula is C21H30N4O4S. The third-order valence-electron chi connectivity index (χ3n) is 6.00. The number of hydrogen-bond acceptors (Lipinski definition) is 6. The van der Waals surface area contributed by atoms with Crippen LogP contribution in [0.4, 0.5) is 5.69 Å². The van der Waals surface area contributed by atoms with Crippen molar-refractivity contribution in [2.75, 3.05) is 38.2 Å². The zero-order valence-electron chi connectivity index (χ0n) is 17.4. The number of piperazine rings is 1. The van der Waals surface area contributed by atoms with Gasteiger partial charge in [-0.3, -0.25) is 24.6 Å². The number of amides is 2. The van der Waals surface area contributed by atoms with E-state index in [0.717, 1.165) is 18.8 Å². The number of hydrogen-bond donors (Lipinski definition) is 1. The van der Waals surface area contributed by atoms with Crippen LogP contribution in [-0.4, -0.2) is 76.8 Å². The maximum absolute atomic E-state index is 13.1. The summed E-state index contributed by atoms with van der Waals surface area (Å²) in [4.78, 5) is 40.6. The third kappa shape index (κ3) is 5.72.